The van der Waals surface area contributed by atoms with E-state index in [2.05, 4.69) is 14.2 Å². The summed E-state index contributed by atoms with van der Waals surface area (Å²) < 4.78 is 12.4. The number of hydrogen-bond acceptors (Lipinski definition) is 8. The van der Waals surface area contributed by atoms with Gasteiger partial charge in [-0.1, -0.05) is 0 Å². The summed E-state index contributed by atoms with van der Waals surface area (Å²) in [6.45, 7) is 1.20. The Hall–Kier alpha value is -2.25. The quantitative estimate of drug-likeness (QED) is 0.356. The lowest BCUT2D eigenvalue weighted by atomic mass is 10.4. The summed E-state index contributed by atoms with van der Waals surface area (Å²) in [5.41, 5.74) is 0. The lowest BCUT2D eigenvalue weighted by molar-refractivity contribution is -0.169. The first-order chi connectivity index (χ1) is 7.81. The van der Waals surface area contributed by atoms with E-state index >= 15 is 0 Å². The normalized spacial score (nSPS) is 9.06. The molecule has 0 spiro atoms. The smallest absolute Gasteiger partial charge is 0.351 e. The van der Waals surface area contributed by atoms with Gasteiger partial charge >= 0.3 is 29.8 Å². The molecule has 0 saturated carbocycles. The minimum Gasteiger partial charge on any atom is -0.453 e. The Labute approximate surface area is 95.8 Å². The summed E-state index contributed by atoms with van der Waals surface area (Å²) in [5, 5.41) is 0. The van der Waals surface area contributed by atoms with Gasteiger partial charge in [-0.15, -0.1) is 0 Å². The van der Waals surface area contributed by atoms with Gasteiger partial charge in [-0.3, -0.25) is 19.2 Å². The lowest BCUT2D eigenvalue weighted by Gasteiger charge is -2.02. The largest absolute Gasteiger partial charge is 0.453 e. The molecule has 8 nitrogen and oxygen atoms in total. The van der Waals surface area contributed by atoms with Crippen LogP contribution in [0.1, 0.15) is 20.3 Å². The van der Waals surface area contributed by atoms with Crippen molar-refractivity contribution in [1.82, 2.24) is 0 Å². The fraction of sp³-hybridized carbons (Fsp3) is 0.444. The summed E-state index contributed by atoms with van der Waals surface area (Å²) in [6.07, 6.45) is -0.813. The summed E-state index contributed by atoms with van der Waals surface area (Å²) in [5.74, 6) is -4.94. The summed E-state index contributed by atoms with van der Waals surface area (Å²) in [4.78, 5) is 53.0. The number of rotatable bonds is 4. The maximum absolute atomic E-state index is 10.9. The Balaban J connectivity index is 3.87. The van der Waals surface area contributed by atoms with Crippen molar-refractivity contribution in [2.24, 2.45) is 0 Å². The first-order valence-corrected chi connectivity index (χ1v) is 4.39. The number of hydrogen-bond donors (Lipinski definition) is 0. The van der Waals surface area contributed by atoms with E-state index in [0.29, 0.717) is 0 Å². The molecule has 0 saturated heterocycles. The van der Waals surface area contributed by atoms with Crippen LogP contribution in [0.4, 0.5) is 0 Å². The monoisotopic (exact) mass is 246 g/mol. The average molecular weight is 246 g/mol. The molecular formula is C9H10O8. The maximum atomic E-state index is 10.9. The highest BCUT2D eigenvalue weighted by Crippen LogP contribution is 1.92. The van der Waals surface area contributed by atoms with Gasteiger partial charge in [0.2, 0.25) is 0 Å². The van der Waals surface area contributed by atoms with Crippen LogP contribution in [-0.2, 0) is 38.2 Å². The van der Waals surface area contributed by atoms with Gasteiger partial charge in [0.15, 0.2) is 6.61 Å². The molecule has 0 aliphatic heterocycles. The van der Waals surface area contributed by atoms with Crippen molar-refractivity contribution >= 4 is 29.8 Å². The van der Waals surface area contributed by atoms with Gasteiger partial charge in [0.25, 0.3) is 0 Å². The molecule has 0 bridgehead atoms. The molecule has 0 fully saturated rings. The molecule has 0 radical (unpaired) electrons. The Morgan fingerprint density at radius 2 is 1.24 bits per heavy atom. The highest BCUT2D eigenvalue weighted by molar-refractivity contribution is 5.96. The van der Waals surface area contributed by atoms with Gasteiger partial charge in [0.05, 0.1) is 0 Å². The third-order valence-electron chi connectivity index (χ3n) is 1.15. The van der Waals surface area contributed by atoms with Crippen molar-refractivity contribution < 1.29 is 38.2 Å². The molecule has 0 aromatic rings. The highest BCUT2D eigenvalue weighted by atomic mass is 16.6. The maximum Gasteiger partial charge on any atom is 0.351 e. The zero-order valence-electron chi connectivity index (χ0n) is 9.18. The van der Waals surface area contributed by atoms with Crippen LogP contribution in [0.25, 0.3) is 0 Å². The van der Waals surface area contributed by atoms with Gasteiger partial charge < -0.3 is 14.2 Å². The zero-order chi connectivity index (χ0) is 13.4. The Morgan fingerprint density at radius 3 is 1.71 bits per heavy atom. The van der Waals surface area contributed by atoms with Crippen LogP contribution in [-0.4, -0.2) is 36.5 Å². The van der Waals surface area contributed by atoms with E-state index < -0.39 is 42.9 Å². The van der Waals surface area contributed by atoms with Crippen LogP contribution in [0.5, 0.6) is 0 Å². The van der Waals surface area contributed by atoms with Crippen LogP contribution in [0.15, 0.2) is 0 Å². The van der Waals surface area contributed by atoms with E-state index in [1.165, 1.54) is 0 Å². The van der Waals surface area contributed by atoms with Crippen molar-refractivity contribution in [2.75, 3.05) is 6.61 Å². The van der Waals surface area contributed by atoms with Gasteiger partial charge in [0, 0.05) is 13.8 Å². The van der Waals surface area contributed by atoms with Crippen molar-refractivity contribution in [2.45, 2.75) is 20.3 Å². The molecule has 0 aliphatic carbocycles. The minimum absolute atomic E-state index is 0.800. The first kappa shape index (κ1) is 14.8. The SMILES string of the molecule is CC(=O)OC(=O)COC(=O)CC(=O)OC(C)=O. The molecule has 0 aromatic carbocycles. The molecule has 0 aliphatic rings. The van der Waals surface area contributed by atoms with E-state index in [1.807, 2.05) is 0 Å². The van der Waals surface area contributed by atoms with E-state index in [9.17, 15) is 24.0 Å². The fourth-order valence-corrected chi connectivity index (χ4v) is 0.694. The van der Waals surface area contributed by atoms with Crippen molar-refractivity contribution in [1.29, 1.82) is 0 Å². The molecule has 17 heavy (non-hydrogen) atoms. The number of carbonyl (C=O) groups excluding carboxylic acids is 5. The summed E-state index contributed by atoms with van der Waals surface area (Å²) >= 11 is 0. The van der Waals surface area contributed by atoms with Crippen LogP contribution in [0.3, 0.4) is 0 Å². The molecule has 0 N–H and O–H groups in total. The lowest BCUT2D eigenvalue weighted by Crippen LogP contribution is -2.21. The molecule has 8 heteroatoms. The average Bonchev–Trinajstić information content (AvgIpc) is 2.12. The molecule has 0 atom stereocenters. The first-order valence-electron chi connectivity index (χ1n) is 4.39. The number of ether oxygens (including phenoxy) is 3. The minimum atomic E-state index is -1.09. The van der Waals surface area contributed by atoms with E-state index in [-0.39, 0.29) is 0 Å². The topological polar surface area (TPSA) is 113 Å². The molecule has 0 aromatic heterocycles. The highest BCUT2D eigenvalue weighted by Gasteiger charge is 2.16. The van der Waals surface area contributed by atoms with Crippen molar-refractivity contribution in [3.63, 3.8) is 0 Å². The molecule has 0 amide bonds. The number of esters is 5. The van der Waals surface area contributed by atoms with Crippen LogP contribution >= 0.6 is 0 Å². The predicted octanol–water partition coefficient (Wildman–Crippen LogP) is -0.901. The molecule has 0 heterocycles. The Morgan fingerprint density at radius 1 is 0.765 bits per heavy atom. The summed E-state index contributed by atoms with van der Waals surface area (Å²) in [6, 6.07) is 0. The fourth-order valence-electron chi connectivity index (χ4n) is 0.694. The van der Waals surface area contributed by atoms with E-state index in [1.54, 1.807) is 0 Å². The molecule has 94 valence electrons. The van der Waals surface area contributed by atoms with Crippen LogP contribution in [0.2, 0.25) is 0 Å². The second-order valence-corrected chi connectivity index (χ2v) is 2.77. The second kappa shape index (κ2) is 7.09. The van der Waals surface area contributed by atoms with Crippen molar-refractivity contribution in [3.05, 3.63) is 0 Å². The number of carbonyl (C=O) groups is 5. The third kappa shape index (κ3) is 8.73. The Kier molecular flexibility index (Phi) is 6.16. The van der Waals surface area contributed by atoms with Gasteiger partial charge in [-0.25, -0.2) is 4.79 Å². The molecule has 0 unspecified atom stereocenters. The van der Waals surface area contributed by atoms with Gasteiger partial charge in [-0.05, 0) is 0 Å². The van der Waals surface area contributed by atoms with Crippen molar-refractivity contribution in [3.8, 4) is 0 Å². The van der Waals surface area contributed by atoms with E-state index in [4.69, 9.17) is 0 Å². The van der Waals surface area contributed by atoms with Gasteiger partial charge in [0.1, 0.15) is 6.42 Å². The molecular weight excluding hydrogens is 236 g/mol. The standard InChI is InChI=1S/C9H10O8/c1-5(10)16-8(13)3-7(12)15-4-9(14)17-6(2)11/h3-4H2,1-2H3. The van der Waals surface area contributed by atoms with Crippen LogP contribution in [0, 0.1) is 0 Å². The van der Waals surface area contributed by atoms with E-state index in [0.717, 1.165) is 13.8 Å². The molecule has 0 rings (SSSR count). The predicted molar refractivity (Wildman–Crippen MR) is 49.1 cm³/mol. The van der Waals surface area contributed by atoms with Gasteiger partial charge in [-0.2, -0.15) is 0 Å². The second-order valence-electron chi connectivity index (χ2n) is 2.77. The van der Waals surface area contributed by atoms with Crippen LogP contribution < -0.4 is 0 Å². The third-order valence-corrected chi connectivity index (χ3v) is 1.15. The zero-order valence-corrected chi connectivity index (χ0v) is 9.18. The Bertz CT molecular complexity index is 356. The summed E-state index contributed by atoms with van der Waals surface area (Å²) in [7, 11) is 0.